The number of nitrogens with one attached hydrogen (secondary N) is 2. The summed E-state index contributed by atoms with van der Waals surface area (Å²) in [5, 5.41) is 10.2. The van der Waals surface area contributed by atoms with Crippen LogP contribution in [0.2, 0.25) is 0 Å². The predicted octanol–water partition coefficient (Wildman–Crippen LogP) is 1.26. The fourth-order valence-electron chi connectivity index (χ4n) is 1.80. The Hall–Kier alpha value is -2.66. The second-order valence-electron chi connectivity index (χ2n) is 5.47. The number of nitrogens with zero attached hydrogens (tertiary/aromatic N) is 4. The van der Waals surface area contributed by atoms with Gasteiger partial charge in [0.1, 0.15) is 6.54 Å². The highest BCUT2D eigenvalue weighted by atomic mass is 32.2. The molecule has 2 amide bonds. The molecule has 0 saturated heterocycles. The molecule has 0 radical (unpaired) electrons. The number of rotatable bonds is 6. The topological polar surface area (TPSA) is 121 Å². The molecule has 0 aliphatic rings. The van der Waals surface area contributed by atoms with Crippen LogP contribution in [-0.4, -0.2) is 55.0 Å². The first-order valence-electron chi connectivity index (χ1n) is 7.29. The number of hydrogen-bond donors (Lipinski definition) is 2. The number of carbonyl (C=O) groups is 1. The van der Waals surface area contributed by atoms with Gasteiger partial charge in [-0.15, -0.1) is 10.2 Å². The van der Waals surface area contributed by atoms with Crippen LogP contribution in [-0.2, 0) is 16.8 Å². The van der Waals surface area contributed by atoms with Gasteiger partial charge in [-0.25, -0.2) is 4.79 Å². The minimum Gasteiger partial charge on any atom is -0.424 e. The summed E-state index contributed by atoms with van der Waals surface area (Å²) in [7, 11) is 0.796. The summed E-state index contributed by atoms with van der Waals surface area (Å²) in [5.74, 6) is 0.743. The largest absolute Gasteiger partial charge is 0.424 e. The van der Waals surface area contributed by atoms with Crippen molar-refractivity contribution in [1.82, 2.24) is 19.4 Å². The molecule has 11 heteroatoms. The van der Waals surface area contributed by atoms with Gasteiger partial charge >= 0.3 is 16.2 Å². The van der Waals surface area contributed by atoms with Crippen molar-refractivity contribution in [3.8, 4) is 0 Å². The summed E-state index contributed by atoms with van der Waals surface area (Å²) >= 11 is 0. The summed E-state index contributed by atoms with van der Waals surface area (Å²) in [4.78, 5) is 13.6. The van der Waals surface area contributed by atoms with Crippen molar-refractivity contribution in [2.24, 2.45) is 0 Å². The van der Waals surface area contributed by atoms with E-state index in [1.54, 1.807) is 32.2 Å². The number of aryl methyl sites for hydroxylation is 1. The predicted molar refractivity (Wildman–Crippen MR) is 92.2 cm³/mol. The molecule has 1 aromatic heterocycles. The lowest BCUT2D eigenvalue weighted by atomic mass is 10.3. The smallest absolute Gasteiger partial charge is 0.322 e. The van der Waals surface area contributed by atoms with Crippen LogP contribution in [0, 0.1) is 6.92 Å². The molecule has 0 atom stereocenters. The highest BCUT2D eigenvalue weighted by Gasteiger charge is 2.15. The van der Waals surface area contributed by atoms with Crippen LogP contribution in [0.3, 0.4) is 0 Å². The summed E-state index contributed by atoms with van der Waals surface area (Å²) in [6.45, 7) is 1.82. The molecule has 2 rings (SSSR count). The molecule has 0 saturated carbocycles. The molecule has 0 bridgehead atoms. The summed E-state index contributed by atoms with van der Waals surface area (Å²) in [6, 6.07) is 5.98. The zero-order valence-corrected chi connectivity index (χ0v) is 15.2. The van der Waals surface area contributed by atoms with Gasteiger partial charge in [0.25, 0.3) is 0 Å². The molecule has 2 aromatic rings. The molecule has 2 N–H and O–H groups in total. The molecule has 0 aliphatic carbocycles. The zero-order chi connectivity index (χ0) is 18.6. The van der Waals surface area contributed by atoms with E-state index in [0.29, 0.717) is 23.2 Å². The Morgan fingerprint density at radius 1 is 1.20 bits per heavy atom. The van der Waals surface area contributed by atoms with E-state index in [9.17, 15) is 13.2 Å². The van der Waals surface area contributed by atoms with Crippen LogP contribution in [0.15, 0.2) is 28.7 Å². The summed E-state index contributed by atoms with van der Waals surface area (Å²) in [6.07, 6.45) is 0. The maximum atomic E-state index is 12.2. The van der Waals surface area contributed by atoms with Crippen LogP contribution < -0.4 is 10.0 Å². The molecule has 0 unspecified atom stereocenters. The minimum absolute atomic E-state index is 0.152. The Labute approximate surface area is 146 Å². The van der Waals surface area contributed by atoms with Gasteiger partial charge in [-0.05, 0) is 18.2 Å². The van der Waals surface area contributed by atoms with E-state index in [4.69, 9.17) is 4.42 Å². The second-order valence-corrected chi connectivity index (χ2v) is 7.36. The highest BCUT2D eigenvalue weighted by Crippen LogP contribution is 2.17. The third-order valence-electron chi connectivity index (χ3n) is 3.13. The van der Waals surface area contributed by atoms with Gasteiger partial charge < -0.3 is 14.6 Å². The van der Waals surface area contributed by atoms with Crippen molar-refractivity contribution in [2.75, 3.05) is 31.2 Å². The standard InChI is InChI=1S/C14H20N6O4S/c1-10-16-17-13(24-10)9-20(4)14(21)15-11-6-5-7-12(8-11)18-25(22,23)19(2)3/h5-8,18H,9H2,1-4H3,(H,15,21). The Morgan fingerprint density at radius 2 is 1.88 bits per heavy atom. The molecule has 0 aliphatic heterocycles. The average molecular weight is 368 g/mol. The van der Waals surface area contributed by atoms with Gasteiger partial charge in [-0.2, -0.15) is 12.7 Å². The van der Waals surface area contributed by atoms with Crippen molar-refractivity contribution in [1.29, 1.82) is 0 Å². The van der Waals surface area contributed by atoms with Crippen molar-refractivity contribution < 1.29 is 17.6 Å². The number of amides is 2. The van der Waals surface area contributed by atoms with E-state index < -0.39 is 16.2 Å². The van der Waals surface area contributed by atoms with Crippen LogP contribution in [0.5, 0.6) is 0 Å². The number of urea groups is 1. The Bertz CT molecular complexity index is 849. The molecule has 1 aromatic carbocycles. The summed E-state index contributed by atoms with van der Waals surface area (Å²) in [5.41, 5.74) is 0.777. The Kier molecular flexibility index (Phi) is 5.59. The highest BCUT2D eigenvalue weighted by molar-refractivity contribution is 7.90. The van der Waals surface area contributed by atoms with Crippen molar-refractivity contribution in [3.05, 3.63) is 36.0 Å². The molecule has 1 heterocycles. The normalized spacial score (nSPS) is 11.4. The van der Waals surface area contributed by atoms with E-state index >= 15 is 0 Å². The van der Waals surface area contributed by atoms with E-state index in [1.807, 2.05) is 0 Å². The first-order chi connectivity index (χ1) is 11.7. The van der Waals surface area contributed by atoms with Gasteiger partial charge in [-0.3, -0.25) is 4.72 Å². The second kappa shape index (κ2) is 7.49. The molecular formula is C14H20N6O4S. The molecule has 136 valence electrons. The Morgan fingerprint density at radius 3 is 2.48 bits per heavy atom. The maximum absolute atomic E-state index is 12.2. The Balaban J connectivity index is 2.02. The van der Waals surface area contributed by atoms with Gasteiger partial charge in [-0.1, -0.05) is 6.07 Å². The SMILES string of the molecule is Cc1nnc(CN(C)C(=O)Nc2cccc(NS(=O)(=O)N(C)C)c2)o1. The maximum Gasteiger partial charge on any atom is 0.322 e. The number of carbonyl (C=O) groups excluding carboxylic acids is 1. The van der Waals surface area contributed by atoms with Crippen LogP contribution >= 0.6 is 0 Å². The minimum atomic E-state index is -3.62. The van der Waals surface area contributed by atoms with Gasteiger partial charge in [0, 0.05) is 33.8 Å². The fourth-order valence-corrected chi connectivity index (χ4v) is 2.40. The fraction of sp³-hybridized carbons (Fsp3) is 0.357. The van der Waals surface area contributed by atoms with Crippen molar-refractivity contribution in [3.63, 3.8) is 0 Å². The molecule has 25 heavy (non-hydrogen) atoms. The third-order valence-corrected chi connectivity index (χ3v) is 4.58. The zero-order valence-electron chi connectivity index (χ0n) is 14.3. The van der Waals surface area contributed by atoms with Gasteiger partial charge in [0.2, 0.25) is 11.8 Å². The van der Waals surface area contributed by atoms with E-state index in [1.165, 1.54) is 25.1 Å². The monoisotopic (exact) mass is 368 g/mol. The number of anilines is 2. The lowest BCUT2D eigenvalue weighted by Crippen LogP contribution is -2.31. The summed E-state index contributed by atoms with van der Waals surface area (Å²) < 4.78 is 32.4. The van der Waals surface area contributed by atoms with Crippen molar-refractivity contribution >= 4 is 27.6 Å². The van der Waals surface area contributed by atoms with Crippen LogP contribution in [0.25, 0.3) is 0 Å². The number of hydrogen-bond acceptors (Lipinski definition) is 6. The first kappa shape index (κ1) is 18.7. The van der Waals surface area contributed by atoms with E-state index in [0.717, 1.165) is 4.31 Å². The van der Waals surface area contributed by atoms with E-state index in [-0.39, 0.29) is 6.54 Å². The van der Waals surface area contributed by atoms with Crippen molar-refractivity contribution in [2.45, 2.75) is 13.5 Å². The lowest BCUT2D eigenvalue weighted by molar-refractivity contribution is 0.215. The van der Waals surface area contributed by atoms with Crippen LogP contribution in [0.1, 0.15) is 11.8 Å². The molecular weight excluding hydrogens is 348 g/mol. The average Bonchev–Trinajstić information content (AvgIpc) is 2.92. The quantitative estimate of drug-likeness (QED) is 0.792. The molecule has 0 spiro atoms. The van der Waals surface area contributed by atoms with Gasteiger partial charge in [0.05, 0.1) is 5.69 Å². The third kappa shape index (κ3) is 5.16. The van der Waals surface area contributed by atoms with Gasteiger partial charge in [0.15, 0.2) is 0 Å². The molecule has 0 fully saturated rings. The first-order valence-corrected chi connectivity index (χ1v) is 8.73. The number of aromatic nitrogens is 2. The molecule has 10 nitrogen and oxygen atoms in total. The number of benzene rings is 1. The van der Waals surface area contributed by atoms with Crippen LogP contribution in [0.4, 0.5) is 16.2 Å². The lowest BCUT2D eigenvalue weighted by Gasteiger charge is -2.17. The van der Waals surface area contributed by atoms with E-state index in [2.05, 4.69) is 20.2 Å².